The summed E-state index contributed by atoms with van der Waals surface area (Å²) in [5.74, 6) is 3.66. The van der Waals surface area contributed by atoms with Crippen LogP contribution in [0.1, 0.15) is 54.8 Å². The second-order valence-electron chi connectivity index (χ2n) is 7.61. The number of hydrogen-bond donors (Lipinski definition) is 4. The lowest BCUT2D eigenvalue weighted by atomic mass is 9.98. The maximum Gasteiger partial charge on any atom is 0.234 e. The molecule has 0 bridgehead atoms. The highest BCUT2D eigenvalue weighted by molar-refractivity contribution is 7.98. The summed E-state index contributed by atoms with van der Waals surface area (Å²) in [6, 6.07) is 9.29. The molecule has 7 nitrogen and oxygen atoms in total. The molecule has 1 unspecified atom stereocenters. The molecule has 34 heavy (non-hydrogen) atoms. The number of carbonyl (C=O) groups excluding carboxylic acids is 2. The van der Waals surface area contributed by atoms with Crippen LogP contribution in [0.3, 0.4) is 0 Å². The van der Waals surface area contributed by atoms with Gasteiger partial charge in [0.15, 0.2) is 0 Å². The van der Waals surface area contributed by atoms with Crippen molar-refractivity contribution in [3.05, 3.63) is 53.5 Å². The Labute approximate surface area is 214 Å². The van der Waals surface area contributed by atoms with Crippen molar-refractivity contribution in [3.8, 4) is 5.75 Å². The number of rotatable bonds is 12. The van der Waals surface area contributed by atoms with Crippen LogP contribution in [0, 0.1) is 0 Å². The first kappa shape index (κ1) is 32.1. The first-order valence-electron chi connectivity index (χ1n) is 11.3. The summed E-state index contributed by atoms with van der Waals surface area (Å²) in [4.78, 5) is 21.9. The van der Waals surface area contributed by atoms with E-state index >= 15 is 0 Å². The van der Waals surface area contributed by atoms with Crippen LogP contribution in [0.25, 0.3) is 0 Å². The molecule has 0 radical (unpaired) electrons. The second kappa shape index (κ2) is 20.4. The molecule has 0 saturated carbocycles. The van der Waals surface area contributed by atoms with Gasteiger partial charge in [-0.15, -0.1) is 0 Å². The minimum atomic E-state index is -0.0334. The van der Waals surface area contributed by atoms with Crippen molar-refractivity contribution >= 4 is 36.6 Å². The van der Waals surface area contributed by atoms with Gasteiger partial charge < -0.3 is 25.5 Å². The molecule has 1 amide bonds. The number of benzene rings is 1. The molecule has 0 fully saturated rings. The average Bonchev–Trinajstić information content (AvgIpc) is 3.37. The zero-order valence-corrected chi connectivity index (χ0v) is 22.7. The molecular formula is C25H41N3O4S2. The lowest BCUT2D eigenvalue weighted by Gasteiger charge is -2.13. The van der Waals surface area contributed by atoms with Crippen LogP contribution in [0.4, 0.5) is 0 Å². The van der Waals surface area contributed by atoms with Gasteiger partial charge >= 0.3 is 0 Å². The molecule has 1 atom stereocenters. The van der Waals surface area contributed by atoms with Gasteiger partial charge in [-0.1, -0.05) is 26.8 Å². The molecule has 0 aliphatic carbocycles. The number of nitrogens with two attached hydrogens (primary N) is 1. The van der Waals surface area contributed by atoms with Gasteiger partial charge in [0.1, 0.15) is 17.8 Å². The van der Waals surface area contributed by atoms with Gasteiger partial charge in [-0.05, 0) is 61.2 Å². The van der Waals surface area contributed by atoms with Crippen molar-refractivity contribution in [2.24, 2.45) is 5.73 Å². The van der Waals surface area contributed by atoms with Gasteiger partial charge in [0.25, 0.3) is 0 Å². The first-order chi connectivity index (χ1) is 16.3. The number of thiol groups is 1. The molecule has 1 heterocycles. The molecule has 1 aromatic heterocycles. The van der Waals surface area contributed by atoms with Crippen molar-refractivity contribution in [2.75, 3.05) is 38.0 Å². The average molecular weight is 512 g/mol. The van der Waals surface area contributed by atoms with E-state index in [0.717, 1.165) is 24.0 Å². The van der Waals surface area contributed by atoms with E-state index in [0.29, 0.717) is 42.7 Å². The Balaban J connectivity index is 0.000000584. The molecule has 0 spiro atoms. The monoisotopic (exact) mass is 511 g/mol. The fourth-order valence-corrected chi connectivity index (χ4v) is 2.69. The summed E-state index contributed by atoms with van der Waals surface area (Å²) < 4.78 is 10.6. The van der Waals surface area contributed by atoms with Crippen molar-refractivity contribution in [1.82, 2.24) is 10.6 Å². The van der Waals surface area contributed by atoms with E-state index in [1.165, 1.54) is 5.75 Å². The summed E-state index contributed by atoms with van der Waals surface area (Å²) in [5.41, 5.74) is 7.49. The molecule has 9 heteroatoms. The molecule has 0 aliphatic heterocycles. The maximum absolute atomic E-state index is 11.0. The minimum absolute atomic E-state index is 0.0334. The zero-order chi connectivity index (χ0) is 25.8. The Morgan fingerprint density at radius 3 is 2.53 bits per heavy atom. The smallest absolute Gasteiger partial charge is 0.234 e. The highest BCUT2D eigenvalue weighted by Crippen LogP contribution is 2.23. The predicted molar refractivity (Wildman–Crippen MR) is 146 cm³/mol. The number of aldehydes is 1. The van der Waals surface area contributed by atoms with Crippen LogP contribution in [-0.4, -0.2) is 56.2 Å². The standard InChI is InChI=1S/C14H21NO2S.C8H12N2O2.C3H8S/c1-10(2)14-4-3-13(7-11(14)8-16)17-6-5-12(15)9-18;1-9-6-8(11)10-5-7-3-2-4-12-7;1-3-4-2/h3-4,7-8,10,12,18H,5-6,9,15H2,1-2H3;2-4,9H,5-6H2,1H3,(H,10,11);3H2,1-2H3. The SMILES string of the molecule is CC(C)c1ccc(OCCC(N)CS)cc1C=O.CCSC.CNCC(=O)NCc1ccco1. The van der Waals surface area contributed by atoms with E-state index in [2.05, 4.69) is 50.3 Å². The van der Waals surface area contributed by atoms with Crippen molar-refractivity contribution in [2.45, 2.75) is 45.7 Å². The number of hydrogen-bond acceptors (Lipinski definition) is 8. The summed E-state index contributed by atoms with van der Waals surface area (Å²) in [7, 11) is 1.73. The van der Waals surface area contributed by atoms with Crippen LogP contribution in [0.5, 0.6) is 5.75 Å². The van der Waals surface area contributed by atoms with E-state index in [1.807, 2.05) is 30.0 Å². The van der Waals surface area contributed by atoms with Gasteiger partial charge in [0.05, 0.1) is 26.0 Å². The van der Waals surface area contributed by atoms with Gasteiger partial charge in [0.2, 0.25) is 5.91 Å². The molecule has 0 aliphatic rings. The number of carbonyl (C=O) groups is 2. The Morgan fingerprint density at radius 2 is 2.03 bits per heavy atom. The van der Waals surface area contributed by atoms with Crippen LogP contribution in [-0.2, 0) is 11.3 Å². The largest absolute Gasteiger partial charge is 0.494 e. The van der Waals surface area contributed by atoms with E-state index in [-0.39, 0.29) is 11.9 Å². The fourth-order valence-electron chi connectivity index (χ4n) is 2.51. The van der Waals surface area contributed by atoms with E-state index in [4.69, 9.17) is 14.9 Å². The van der Waals surface area contributed by atoms with Crippen molar-refractivity contribution in [3.63, 3.8) is 0 Å². The third-order valence-corrected chi connectivity index (χ3v) is 5.51. The third kappa shape index (κ3) is 15.1. The molecule has 192 valence electrons. The number of likely N-dealkylation sites (N-methyl/N-ethyl adjacent to an activating group) is 1. The van der Waals surface area contributed by atoms with Crippen LogP contribution < -0.4 is 21.1 Å². The quantitative estimate of drug-likeness (QED) is 0.251. The number of furan rings is 1. The normalized spacial score (nSPS) is 10.9. The molecule has 1 aromatic carbocycles. The topological polar surface area (TPSA) is 107 Å². The van der Waals surface area contributed by atoms with Crippen molar-refractivity contribution in [1.29, 1.82) is 0 Å². The van der Waals surface area contributed by atoms with E-state index < -0.39 is 0 Å². The van der Waals surface area contributed by atoms with Gasteiger partial charge in [0, 0.05) is 17.4 Å². The highest BCUT2D eigenvalue weighted by Gasteiger charge is 2.08. The lowest BCUT2D eigenvalue weighted by Crippen LogP contribution is -2.31. The van der Waals surface area contributed by atoms with Gasteiger partial charge in [-0.25, -0.2) is 0 Å². The predicted octanol–water partition coefficient (Wildman–Crippen LogP) is 4.13. The Bertz CT molecular complexity index is 784. The molecule has 2 aromatic rings. The summed E-state index contributed by atoms with van der Waals surface area (Å²) in [5, 5.41) is 5.45. The van der Waals surface area contributed by atoms with Crippen LogP contribution in [0.2, 0.25) is 0 Å². The second-order valence-corrected chi connectivity index (χ2v) is 9.13. The molecule has 0 saturated heterocycles. The Morgan fingerprint density at radius 1 is 1.32 bits per heavy atom. The summed E-state index contributed by atoms with van der Waals surface area (Å²) in [6.07, 6.45) is 5.31. The number of ether oxygens (including phenoxy) is 1. The number of nitrogens with one attached hydrogen (secondary N) is 2. The van der Waals surface area contributed by atoms with Crippen molar-refractivity contribution < 1.29 is 18.7 Å². The lowest BCUT2D eigenvalue weighted by molar-refractivity contribution is -0.120. The van der Waals surface area contributed by atoms with Gasteiger partial charge in [-0.2, -0.15) is 24.4 Å². The Hall–Kier alpha value is -1.94. The first-order valence-corrected chi connectivity index (χ1v) is 13.4. The number of thioether (sulfide) groups is 1. The van der Waals surface area contributed by atoms with E-state index in [9.17, 15) is 9.59 Å². The summed E-state index contributed by atoms with van der Waals surface area (Å²) >= 11 is 5.97. The zero-order valence-electron chi connectivity index (χ0n) is 21.0. The minimum Gasteiger partial charge on any atom is -0.494 e. The van der Waals surface area contributed by atoms with E-state index in [1.54, 1.807) is 25.4 Å². The highest BCUT2D eigenvalue weighted by atomic mass is 32.2. The van der Waals surface area contributed by atoms with Crippen LogP contribution in [0.15, 0.2) is 41.0 Å². The fraction of sp³-hybridized carbons (Fsp3) is 0.520. The van der Waals surface area contributed by atoms with Crippen LogP contribution >= 0.6 is 24.4 Å². The number of amides is 1. The maximum atomic E-state index is 11.0. The third-order valence-electron chi connectivity index (χ3n) is 4.47. The summed E-state index contributed by atoms with van der Waals surface area (Å²) in [6.45, 7) is 7.60. The molecule has 4 N–H and O–H groups in total. The van der Waals surface area contributed by atoms with Gasteiger partial charge in [-0.3, -0.25) is 9.59 Å². The Kier molecular flexibility index (Phi) is 19.3. The molecular weight excluding hydrogens is 470 g/mol. The molecule has 2 rings (SSSR count).